The molecule has 1 atom stereocenters. The highest BCUT2D eigenvalue weighted by Crippen LogP contribution is 2.45. The van der Waals surface area contributed by atoms with Gasteiger partial charge in [-0.1, -0.05) is 23.7 Å². The maximum atomic E-state index is 13.3. The molecule has 1 aromatic heterocycles. The number of H-pyrrole nitrogens is 1. The Bertz CT molecular complexity index is 1110. The lowest BCUT2D eigenvalue weighted by atomic mass is 9.95. The van der Waals surface area contributed by atoms with Gasteiger partial charge in [-0.3, -0.25) is 9.89 Å². The summed E-state index contributed by atoms with van der Waals surface area (Å²) < 4.78 is 5.68. The summed E-state index contributed by atoms with van der Waals surface area (Å²) >= 11 is 7.86. The van der Waals surface area contributed by atoms with Crippen LogP contribution in [0.1, 0.15) is 47.9 Å². The second-order valence-corrected chi connectivity index (χ2v) is 9.29. The number of amides is 1. The van der Waals surface area contributed by atoms with Gasteiger partial charge in [0.15, 0.2) is 0 Å². The number of aromatic nitrogens is 2. The van der Waals surface area contributed by atoms with Gasteiger partial charge < -0.3 is 14.7 Å². The van der Waals surface area contributed by atoms with E-state index >= 15 is 0 Å². The number of phenolic OH excluding ortho intramolecular Hbond substituents is 1. The molecule has 2 heterocycles. The molecule has 32 heavy (non-hydrogen) atoms. The Balaban J connectivity index is 1.76. The van der Waals surface area contributed by atoms with Gasteiger partial charge in [-0.25, -0.2) is 0 Å². The van der Waals surface area contributed by atoms with E-state index in [4.69, 9.17) is 16.3 Å². The van der Waals surface area contributed by atoms with Crippen molar-refractivity contribution >= 4 is 29.3 Å². The van der Waals surface area contributed by atoms with Crippen molar-refractivity contribution < 1.29 is 14.6 Å². The number of carbonyl (C=O) groups excluding carboxylic acids is 1. The lowest BCUT2D eigenvalue weighted by Gasteiger charge is -2.26. The van der Waals surface area contributed by atoms with Crippen LogP contribution in [0.3, 0.4) is 0 Å². The lowest BCUT2D eigenvalue weighted by Crippen LogP contribution is -2.31. The maximum absolute atomic E-state index is 13.3. The van der Waals surface area contributed by atoms with Crippen molar-refractivity contribution in [2.75, 3.05) is 19.4 Å². The summed E-state index contributed by atoms with van der Waals surface area (Å²) in [4.78, 5) is 16.4. The topological polar surface area (TPSA) is 78.5 Å². The number of rotatable bonds is 8. The average molecular weight is 472 g/mol. The molecule has 2 N–H and O–H groups in total. The number of hydrogen-bond donors (Lipinski definition) is 2. The molecule has 3 aromatic rings. The van der Waals surface area contributed by atoms with E-state index in [0.29, 0.717) is 35.1 Å². The van der Waals surface area contributed by atoms with Gasteiger partial charge in [0.1, 0.15) is 17.1 Å². The van der Waals surface area contributed by atoms with E-state index in [9.17, 15) is 9.90 Å². The number of thioether (sulfide) groups is 1. The molecule has 6 nitrogen and oxygen atoms in total. The molecule has 4 rings (SSSR count). The number of aromatic hydroxyl groups is 1. The quantitative estimate of drug-likeness (QED) is 0.334. The minimum absolute atomic E-state index is 0.0661. The molecule has 0 spiro atoms. The summed E-state index contributed by atoms with van der Waals surface area (Å²) in [7, 11) is 0. The molecule has 0 fully saturated rings. The van der Waals surface area contributed by atoms with E-state index in [-0.39, 0.29) is 23.8 Å². The highest BCUT2D eigenvalue weighted by Gasteiger charge is 2.42. The molecule has 0 bridgehead atoms. The Morgan fingerprint density at radius 2 is 2.00 bits per heavy atom. The molecule has 1 amide bonds. The summed E-state index contributed by atoms with van der Waals surface area (Å²) in [6.07, 6.45) is 2.90. The molecule has 0 radical (unpaired) electrons. The Hall–Kier alpha value is -2.48. The monoisotopic (exact) mass is 471 g/mol. The molecule has 2 aromatic carbocycles. The van der Waals surface area contributed by atoms with Crippen LogP contribution in [0.25, 0.3) is 11.3 Å². The molecule has 0 aliphatic carbocycles. The first kappa shape index (κ1) is 22.7. The normalized spacial score (nSPS) is 15.6. The number of nitrogens with one attached hydrogen (secondary N) is 1. The van der Waals surface area contributed by atoms with Crippen LogP contribution in [0.4, 0.5) is 0 Å². The number of carbonyl (C=O) groups is 1. The van der Waals surface area contributed by atoms with Crippen molar-refractivity contribution in [3.05, 3.63) is 64.3 Å². The molecular formula is C24H26ClN3O3S. The van der Waals surface area contributed by atoms with Gasteiger partial charge >= 0.3 is 0 Å². The number of aromatic amines is 1. The van der Waals surface area contributed by atoms with Crippen molar-refractivity contribution in [3.8, 4) is 17.0 Å². The number of hydrogen-bond acceptors (Lipinski definition) is 5. The maximum Gasteiger partial charge on any atom is 0.273 e. The number of halogens is 1. The fraction of sp³-hybridized carbons (Fsp3) is 0.333. The minimum Gasteiger partial charge on any atom is -0.507 e. The summed E-state index contributed by atoms with van der Waals surface area (Å²) in [6.45, 7) is 5.12. The van der Waals surface area contributed by atoms with Gasteiger partial charge in [0.2, 0.25) is 0 Å². The second kappa shape index (κ2) is 9.57. The molecule has 1 aliphatic rings. The number of nitrogens with zero attached hydrogens (tertiary/aromatic N) is 2. The van der Waals surface area contributed by atoms with Crippen LogP contribution < -0.4 is 0 Å². The van der Waals surface area contributed by atoms with Gasteiger partial charge in [0, 0.05) is 34.2 Å². The lowest BCUT2D eigenvalue weighted by molar-refractivity contribution is 0.0601. The third-order valence-electron chi connectivity index (χ3n) is 5.50. The van der Waals surface area contributed by atoms with Crippen LogP contribution in [0.2, 0.25) is 5.02 Å². The molecule has 1 aliphatic heterocycles. The molecule has 1 unspecified atom stereocenters. The largest absolute Gasteiger partial charge is 0.507 e. The van der Waals surface area contributed by atoms with Crippen LogP contribution >= 0.6 is 23.4 Å². The van der Waals surface area contributed by atoms with Gasteiger partial charge in [-0.2, -0.15) is 5.10 Å². The van der Waals surface area contributed by atoms with Crippen molar-refractivity contribution in [1.29, 1.82) is 0 Å². The van der Waals surface area contributed by atoms with Gasteiger partial charge in [0.25, 0.3) is 5.91 Å². The van der Waals surface area contributed by atoms with Crippen LogP contribution in [-0.2, 0) is 4.74 Å². The molecule has 168 valence electrons. The number of fused-ring (bicyclic) bond motifs is 1. The highest BCUT2D eigenvalue weighted by atomic mass is 35.5. The zero-order valence-electron chi connectivity index (χ0n) is 18.3. The smallest absolute Gasteiger partial charge is 0.273 e. The third-order valence-corrected chi connectivity index (χ3v) is 6.48. The Morgan fingerprint density at radius 3 is 2.69 bits per heavy atom. The first-order chi connectivity index (χ1) is 15.4. The number of benzene rings is 2. The molecule has 0 saturated heterocycles. The SMILES string of the molecule is CSc1ccc(C2c3c(-c4cc(Cl)ccc4O)n[nH]c3C(=O)N2CCCOC(C)C)cc1. The second-order valence-electron chi connectivity index (χ2n) is 7.97. The molecule has 0 saturated carbocycles. The van der Waals surface area contributed by atoms with Crippen LogP contribution in [-0.4, -0.2) is 51.6 Å². The average Bonchev–Trinajstić information content (AvgIpc) is 3.32. The third kappa shape index (κ3) is 4.37. The Morgan fingerprint density at radius 1 is 1.25 bits per heavy atom. The summed E-state index contributed by atoms with van der Waals surface area (Å²) in [6, 6.07) is 12.7. The summed E-state index contributed by atoms with van der Waals surface area (Å²) in [5.41, 5.74) is 3.23. The van der Waals surface area contributed by atoms with E-state index in [1.165, 1.54) is 0 Å². The van der Waals surface area contributed by atoms with E-state index in [1.54, 1.807) is 30.0 Å². The van der Waals surface area contributed by atoms with Gasteiger partial charge in [0.05, 0.1) is 12.1 Å². The standard InChI is InChI=1S/C24H26ClN3O3S/c1-14(2)31-12-4-11-28-23(15-5-8-17(32-3)9-6-15)20-21(26-27-22(20)24(28)30)18-13-16(25)7-10-19(18)29/h5-10,13-14,23,29H,4,11-12H2,1-3H3,(H,26,27). The van der Waals surface area contributed by atoms with Crippen molar-refractivity contribution in [1.82, 2.24) is 15.1 Å². The zero-order valence-corrected chi connectivity index (χ0v) is 19.8. The minimum atomic E-state index is -0.320. The zero-order chi connectivity index (χ0) is 22.8. The first-order valence-corrected chi connectivity index (χ1v) is 12.1. The Kier molecular flexibility index (Phi) is 6.79. The number of phenols is 1. The van der Waals surface area contributed by atoms with Crippen molar-refractivity contribution in [3.63, 3.8) is 0 Å². The van der Waals surface area contributed by atoms with Crippen molar-refractivity contribution in [2.45, 2.75) is 37.3 Å². The Labute approximate surface area is 196 Å². The van der Waals surface area contributed by atoms with E-state index in [0.717, 1.165) is 22.4 Å². The summed E-state index contributed by atoms with van der Waals surface area (Å²) in [5, 5.41) is 18.3. The van der Waals surface area contributed by atoms with Crippen LogP contribution in [0.15, 0.2) is 47.4 Å². The number of ether oxygens (including phenoxy) is 1. The van der Waals surface area contributed by atoms with Crippen LogP contribution in [0.5, 0.6) is 5.75 Å². The van der Waals surface area contributed by atoms with E-state index in [1.807, 2.05) is 37.1 Å². The van der Waals surface area contributed by atoms with Gasteiger partial charge in [-0.05, 0) is 62.4 Å². The van der Waals surface area contributed by atoms with E-state index < -0.39 is 0 Å². The fourth-order valence-corrected chi connectivity index (χ4v) is 4.60. The summed E-state index contributed by atoms with van der Waals surface area (Å²) in [5.74, 6) is -0.0415. The van der Waals surface area contributed by atoms with Gasteiger partial charge in [-0.15, -0.1) is 11.8 Å². The molecular weight excluding hydrogens is 446 g/mol. The highest BCUT2D eigenvalue weighted by molar-refractivity contribution is 7.98. The van der Waals surface area contributed by atoms with Crippen molar-refractivity contribution in [2.24, 2.45) is 0 Å². The predicted octanol–water partition coefficient (Wildman–Crippen LogP) is 5.52. The van der Waals surface area contributed by atoms with E-state index in [2.05, 4.69) is 22.3 Å². The predicted molar refractivity (Wildman–Crippen MR) is 128 cm³/mol. The van der Waals surface area contributed by atoms with Crippen LogP contribution in [0, 0.1) is 0 Å². The fourth-order valence-electron chi connectivity index (χ4n) is 4.02. The first-order valence-electron chi connectivity index (χ1n) is 10.5. The molecule has 8 heteroatoms.